The van der Waals surface area contributed by atoms with E-state index in [1.165, 1.54) is 26.4 Å². The van der Waals surface area contributed by atoms with Crippen LogP contribution in [-0.2, 0) is 0 Å². The second kappa shape index (κ2) is 10.5. The Bertz CT molecular complexity index is 920. The molecule has 2 aromatic rings. The number of hydrogen-bond acceptors (Lipinski definition) is 8. The molecule has 31 heavy (non-hydrogen) atoms. The summed E-state index contributed by atoms with van der Waals surface area (Å²) in [5.41, 5.74) is 0.202. The lowest BCUT2D eigenvalue weighted by Crippen LogP contribution is -2.52. The number of nitrogens with one attached hydrogen (secondary N) is 2. The molecule has 1 atom stereocenters. The number of phenolic OH excluding ortho intramolecular Hbond substituents is 1. The Morgan fingerprint density at radius 1 is 1.03 bits per heavy atom. The molecule has 2 amide bonds. The fourth-order valence-electron chi connectivity index (χ4n) is 3.48. The largest absolute Gasteiger partial charge is 0.507 e. The number of methoxy groups -OCH3 is 2. The maximum Gasteiger partial charge on any atom is 0.272 e. The number of nitrogens with zero attached hydrogens (tertiary/aromatic N) is 2. The summed E-state index contributed by atoms with van der Waals surface area (Å²) in [6, 6.07) is 3.19. The first-order valence-corrected chi connectivity index (χ1v) is 10.8. The Kier molecular flexibility index (Phi) is 8.23. The lowest BCUT2D eigenvalue weighted by Gasteiger charge is -2.36. The van der Waals surface area contributed by atoms with Gasteiger partial charge in [0, 0.05) is 29.6 Å². The van der Waals surface area contributed by atoms with Crippen molar-refractivity contribution in [3.05, 3.63) is 28.8 Å². The molecule has 0 spiro atoms. The molecule has 9 nitrogen and oxygen atoms in total. The Labute approximate surface area is 186 Å². The third-order valence-electron chi connectivity index (χ3n) is 4.68. The molecular formula is C21H30N4O5S. The second-order valence-corrected chi connectivity index (χ2v) is 8.36. The van der Waals surface area contributed by atoms with Gasteiger partial charge in [0.15, 0.2) is 16.6 Å². The van der Waals surface area contributed by atoms with Gasteiger partial charge < -0.3 is 19.9 Å². The van der Waals surface area contributed by atoms with Crippen LogP contribution in [0.25, 0.3) is 0 Å². The Hall–Kier alpha value is -2.85. The van der Waals surface area contributed by atoms with Gasteiger partial charge in [-0.2, -0.15) is 0 Å². The number of amides is 2. The second-order valence-electron chi connectivity index (χ2n) is 7.50. The number of carbonyl (C=O) groups is 2. The van der Waals surface area contributed by atoms with E-state index in [0.29, 0.717) is 11.5 Å². The quantitative estimate of drug-likeness (QED) is 0.502. The van der Waals surface area contributed by atoms with Gasteiger partial charge in [-0.05, 0) is 34.6 Å². The van der Waals surface area contributed by atoms with Crippen molar-refractivity contribution in [3.63, 3.8) is 0 Å². The summed E-state index contributed by atoms with van der Waals surface area (Å²) in [4.78, 5) is 31.6. The van der Waals surface area contributed by atoms with E-state index in [2.05, 4.69) is 48.2 Å². The van der Waals surface area contributed by atoms with Crippen molar-refractivity contribution in [1.29, 1.82) is 0 Å². The van der Waals surface area contributed by atoms with E-state index in [-0.39, 0.29) is 46.3 Å². The Balaban J connectivity index is 2.11. The third kappa shape index (κ3) is 5.86. The van der Waals surface area contributed by atoms with E-state index in [4.69, 9.17) is 9.47 Å². The molecule has 0 aliphatic heterocycles. The molecule has 10 heteroatoms. The van der Waals surface area contributed by atoms with Crippen LogP contribution >= 0.6 is 11.3 Å². The fraction of sp³-hybridized carbons (Fsp3) is 0.476. The average Bonchev–Trinajstić information content (AvgIpc) is 3.15. The minimum absolute atomic E-state index is 0.00279. The molecule has 170 valence electrons. The van der Waals surface area contributed by atoms with Crippen molar-refractivity contribution in [3.8, 4) is 17.2 Å². The molecule has 0 bridgehead atoms. The van der Waals surface area contributed by atoms with Crippen molar-refractivity contribution in [2.45, 2.75) is 52.9 Å². The molecule has 0 saturated heterocycles. The maximum absolute atomic E-state index is 12.6. The zero-order valence-corrected chi connectivity index (χ0v) is 19.7. The predicted molar refractivity (Wildman–Crippen MR) is 120 cm³/mol. The summed E-state index contributed by atoms with van der Waals surface area (Å²) in [6.45, 7) is 10.2. The molecule has 1 heterocycles. The summed E-state index contributed by atoms with van der Waals surface area (Å²) in [7, 11) is 2.87. The molecular weight excluding hydrogens is 420 g/mol. The van der Waals surface area contributed by atoms with Gasteiger partial charge in [0.1, 0.15) is 11.4 Å². The number of phenols is 1. The van der Waals surface area contributed by atoms with Crippen LogP contribution in [0.3, 0.4) is 0 Å². The molecule has 2 rings (SSSR count). The lowest BCUT2D eigenvalue weighted by molar-refractivity contribution is 0.0732. The predicted octanol–water partition coefficient (Wildman–Crippen LogP) is 3.31. The number of benzene rings is 1. The minimum atomic E-state index is -0.584. The van der Waals surface area contributed by atoms with Crippen molar-refractivity contribution < 1.29 is 24.2 Å². The summed E-state index contributed by atoms with van der Waals surface area (Å²) in [6.07, 6.45) is -0.184. The van der Waals surface area contributed by atoms with Gasteiger partial charge in [-0.3, -0.25) is 19.8 Å². The van der Waals surface area contributed by atoms with E-state index >= 15 is 0 Å². The van der Waals surface area contributed by atoms with Crippen LogP contribution in [0, 0.1) is 0 Å². The van der Waals surface area contributed by atoms with Crippen LogP contribution in [0.4, 0.5) is 5.13 Å². The lowest BCUT2D eigenvalue weighted by atomic mass is 10.1. The normalized spacial score (nSPS) is 12.2. The zero-order valence-electron chi connectivity index (χ0n) is 18.8. The summed E-state index contributed by atoms with van der Waals surface area (Å²) in [5.74, 6) is -0.571. The first-order valence-electron chi connectivity index (χ1n) is 9.89. The van der Waals surface area contributed by atoms with E-state index in [0.717, 1.165) is 11.3 Å². The van der Waals surface area contributed by atoms with E-state index < -0.39 is 5.91 Å². The van der Waals surface area contributed by atoms with Crippen LogP contribution in [0.5, 0.6) is 17.2 Å². The molecule has 0 aliphatic rings. The van der Waals surface area contributed by atoms with Gasteiger partial charge in [0.05, 0.1) is 25.9 Å². The van der Waals surface area contributed by atoms with Crippen molar-refractivity contribution in [1.82, 2.24) is 15.2 Å². The minimum Gasteiger partial charge on any atom is -0.507 e. The maximum atomic E-state index is 12.6. The SMILES string of the molecule is COc1cc(O)c(C(=O)Nc2nc(C(=O)NC(C)N(C(C)C)C(C)C)cs2)cc1OC. The number of hydrogen-bond donors (Lipinski definition) is 3. The number of rotatable bonds is 9. The molecule has 1 unspecified atom stereocenters. The first-order chi connectivity index (χ1) is 14.6. The summed E-state index contributed by atoms with van der Waals surface area (Å²) >= 11 is 1.12. The van der Waals surface area contributed by atoms with Crippen LogP contribution in [0.15, 0.2) is 17.5 Å². The summed E-state index contributed by atoms with van der Waals surface area (Å²) < 4.78 is 10.3. The molecule has 1 aromatic carbocycles. The molecule has 0 aliphatic carbocycles. The van der Waals surface area contributed by atoms with Crippen LogP contribution in [0.2, 0.25) is 0 Å². The molecule has 0 fully saturated rings. The summed E-state index contributed by atoms with van der Waals surface area (Å²) in [5, 5.41) is 17.5. The highest BCUT2D eigenvalue weighted by Gasteiger charge is 2.23. The molecule has 0 radical (unpaired) electrons. The Morgan fingerprint density at radius 3 is 2.16 bits per heavy atom. The van der Waals surface area contributed by atoms with Crippen LogP contribution in [0.1, 0.15) is 55.5 Å². The average molecular weight is 451 g/mol. The van der Waals surface area contributed by atoms with Gasteiger partial charge >= 0.3 is 0 Å². The number of anilines is 1. The number of aromatic hydroxyl groups is 1. The highest BCUT2D eigenvalue weighted by Crippen LogP contribution is 2.34. The van der Waals surface area contributed by atoms with Crippen LogP contribution in [-0.4, -0.2) is 59.3 Å². The van der Waals surface area contributed by atoms with Gasteiger partial charge in [-0.1, -0.05) is 0 Å². The third-order valence-corrected chi connectivity index (χ3v) is 5.44. The van der Waals surface area contributed by atoms with E-state index in [1.54, 1.807) is 5.38 Å². The fourth-order valence-corrected chi connectivity index (χ4v) is 4.16. The van der Waals surface area contributed by atoms with Gasteiger partial charge in [0.25, 0.3) is 11.8 Å². The van der Waals surface area contributed by atoms with Gasteiger partial charge in [-0.25, -0.2) is 4.98 Å². The Morgan fingerprint density at radius 2 is 1.61 bits per heavy atom. The van der Waals surface area contributed by atoms with Crippen molar-refractivity contribution >= 4 is 28.3 Å². The number of ether oxygens (including phenoxy) is 2. The smallest absolute Gasteiger partial charge is 0.272 e. The van der Waals surface area contributed by atoms with Crippen molar-refractivity contribution in [2.24, 2.45) is 0 Å². The van der Waals surface area contributed by atoms with Crippen LogP contribution < -0.4 is 20.1 Å². The number of thiazole rings is 1. The number of carbonyl (C=O) groups excluding carboxylic acids is 2. The molecule has 1 aromatic heterocycles. The molecule has 0 saturated carbocycles. The highest BCUT2D eigenvalue weighted by molar-refractivity contribution is 7.14. The van der Waals surface area contributed by atoms with Gasteiger partial charge in [-0.15, -0.1) is 11.3 Å². The van der Waals surface area contributed by atoms with E-state index in [9.17, 15) is 14.7 Å². The van der Waals surface area contributed by atoms with Crippen molar-refractivity contribution in [2.75, 3.05) is 19.5 Å². The topological polar surface area (TPSA) is 113 Å². The first kappa shape index (κ1) is 24.4. The number of aromatic nitrogens is 1. The standard InChI is InChI=1S/C21H30N4O5S/c1-11(2)25(12(3)4)13(5)22-20(28)15-10-31-21(23-15)24-19(27)14-8-17(29-6)18(30-7)9-16(14)26/h8-13,26H,1-7H3,(H,22,28)(H,23,24,27). The van der Waals surface area contributed by atoms with Gasteiger partial charge in [0.2, 0.25) is 0 Å². The monoisotopic (exact) mass is 450 g/mol. The molecule has 3 N–H and O–H groups in total. The highest BCUT2D eigenvalue weighted by atomic mass is 32.1. The zero-order chi connectivity index (χ0) is 23.3. The van der Waals surface area contributed by atoms with E-state index in [1.807, 2.05) is 6.92 Å².